The van der Waals surface area contributed by atoms with Crippen molar-refractivity contribution in [2.24, 2.45) is 23.7 Å². The van der Waals surface area contributed by atoms with Crippen molar-refractivity contribution in [3.8, 4) is 0 Å². The molecule has 0 radical (unpaired) electrons. The topological polar surface area (TPSA) is 98.7 Å². The van der Waals surface area contributed by atoms with Crippen molar-refractivity contribution in [1.82, 2.24) is 15.5 Å². The summed E-state index contributed by atoms with van der Waals surface area (Å²) in [6, 6.07) is -1.14. The third-order valence-electron chi connectivity index (χ3n) is 7.63. The van der Waals surface area contributed by atoms with Gasteiger partial charge in [0.1, 0.15) is 6.04 Å². The Hall–Kier alpha value is -1.28. The Balaban J connectivity index is 2.10. The lowest BCUT2D eigenvalue weighted by atomic mass is 9.65. The normalized spacial score (nSPS) is 35.6. The van der Waals surface area contributed by atoms with Gasteiger partial charge in [-0.15, -0.1) is 11.8 Å². The third-order valence-corrected chi connectivity index (χ3v) is 9.70. The van der Waals surface area contributed by atoms with Gasteiger partial charge in [-0.05, 0) is 45.4 Å². The molecule has 1 spiro atoms. The molecule has 182 valence electrons. The van der Waals surface area contributed by atoms with Gasteiger partial charge in [0.25, 0.3) is 0 Å². The first-order valence-corrected chi connectivity index (χ1v) is 13.0. The number of hydrogen-bond donors (Lipinski definition) is 3. The number of carbonyl (C=O) groups excluding carboxylic acids is 3. The summed E-state index contributed by atoms with van der Waals surface area (Å²) in [4.78, 5) is 42.7. The van der Waals surface area contributed by atoms with Crippen LogP contribution in [-0.2, 0) is 14.4 Å². The Bertz CT molecular complexity index is 754. The molecule has 3 aliphatic rings. The number of likely N-dealkylation sites (tertiary alicyclic amines) is 1. The van der Waals surface area contributed by atoms with Crippen molar-refractivity contribution in [2.45, 2.75) is 95.3 Å². The van der Waals surface area contributed by atoms with Crippen molar-refractivity contribution in [3.05, 3.63) is 0 Å². The molecule has 0 aliphatic carbocycles. The van der Waals surface area contributed by atoms with Crippen LogP contribution in [0, 0.1) is 23.7 Å². The first-order valence-electron chi connectivity index (χ1n) is 12.1. The second-order valence-corrected chi connectivity index (χ2v) is 12.5. The average molecular weight is 468 g/mol. The monoisotopic (exact) mass is 467 g/mol. The molecule has 3 heterocycles. The predicted octanol–water partition coefficient (Wildman–Crippen LogP) is 2.17. The fraction of sp³-hybridized carbons (Fsp3) is 0.875. The quantitative estimate of drug-likeness (QED) is 0.508. The van der Waals surface area contributed by atoms with Crippen LogP contribution in [0.4, 0.5) is 0 Å². The van der Waals surface area contributed by atoms with E-state index in [0.717, 1.165) is 19.3 Å². The summed E-state index contributed by atoms with van der Waals surface area (Å²) < 4.78 is -0.647. The number of aliphatic hydroxyl groups is 1. The molecule has 3 amide bonds. The third kappa shape index (κ3) is 3.95. The highest BCUT2D eigenvalue weighted by Crippen LogP contribution is 2.68. The largest absolute Gasteiger partial charge is 0.394 e. The van der Waals surface area contributed by atoms with Crippen LogP contribution in [0.15, 0.2) is 0 Å². The molecular weight excluding hydrogens is 426 g/mol. The summed E-state index contributed by atoms with van der Waals surface area (Å²) in [7, 11) is 0. The molecule has 0 aromatic rings. The zero-order valence-electron chi connectivity index (χ0n) is 20.6. The SMILES string of the molecule is CCCNC(=O)[C@@H]1[C@H]2C(=O)N([C@@H](CO)[C@@H](C)CC)C(C(=O)NC(C)(C)C)C23S[C@@H]1CC3C. The standard InChI is InChI=1S/C24H41N3O4S/c1-8-10-25-20(29)17-16-11-14(4)24(32-16)18(17)22(31)27(15(12-28)13(3)9-2)19(24)21(30)26-23(5,6)7/h13-19,28H,8-12H2,1-7H3,(H,25,29)(H,26,30)/t13-,14?,15-,16+,17-,18-,19?,24?/m0/s1. The Morgan fingerprint density at radius 2 is 1.94 bits per heavy atom. The van der Waals surface area contributed by atoms with Gasteiger partial charge in [-0.3, -0.25) is 14.4 Å². The van der Waals surface area contributed by atoms with Crippen molar-refractivity contribution in [2.75, 3.05) is 13.2 Å². The highest BCUT2D eigenvalue weighted by molar-refractivity contribution is 8.02. The van der Waals surface area contributed by atoms with Gasteiger partial charge in [-0.1, -0.05) is 34.1 Å². The first kappa shape index (κ1) is 25.3. The molecule has 3 aliphatic heterocycles. The van der Waals surface area contributed by atoms with Crippen molar-refractivity contribution in [3.63, 3.8) is 0 Å². The molecule has 3 saturated heterocycles. The van der Waals surface area contributed by atoms with Gasteiger partial charge in [-0.2, -0.15) is 0 Å². The van der Waals surface area contributed by atoms with Crippen LogP contribution in [0.2, 0.25) is 0 Å². The molecule has 0 aromatic carbocycles. The molecular formula is C24H41N3O4S. The van der Waals surface area contributed by atoms with E-state index in [0.29, 0.717) is 6.54 Å². The van der Waals surface area contributed by atoms with Gasteiger partial charge in [0.2, 0.25) is 17.7 Å². The smallest absolute Gasteiger partial charge is 0.244 e. The van der Waals surface area contributed by atoms with E-state index < -0.39 is 34.2 Å². The number of carbonyl (C=O) groups is 3. The predicted molar refractivity (Wildman–Crippen MR) is 127 cm³/mol. The summed E-state index contributed by atoms with van der Waals surface area (Å²) in [6.45, 7) is 14.4. The van der Waals surface area contributed by atoms with Gasteiger partial charge in [-0.25, -0.2) is 0 Å². The Morgan fingerprint density at radius 3 is 2.47 bits per heavy atom. The first-order chi connectivity index (χ1) is 14.9. The summed E-state index contributed by atoms with van der Waals surface area (Å²) in [5.74, 6) is -1.19. The highest BCUT2D eigenvalue weighted by atomic mass is 32.2. The number of aliphatic hydroxyl groups excluding tert-OH is 1. The number of amides is 3. The number of nitrogens with one attached hydrogen (secondary N) is 2. The van der Waals surface area contributed by atoms with Gasteiger partial charge in [0.15, 0.2) is 0 Å². The highest BCUT2D eigenvalue weighted by Gasteiger charge is 2.76. The number of fused-ring (bicyclic) bond motifs is 1. The van der Waals surface area contributed by atoms with E-state index in [1.807, 2.05) is 41.5 Å². The van der Waals surface area contributed by atoms with Crippen LogP contribution in [0.25, 0.3) is 0 Å². The summed E-state index contributed by atoms with van der Waals surface area (Å²) in [5, 5.41) is 16.5. The second kappa shape index (κ2) is 9.16. The molecule has 3 rings (SSSR count). The van der Waals surface area contributed by atoms with Crippen LogP contribution < -0.4 is 10.6 Å². The molecule has 3 fully saturated rings. The molecule has 32 heavy (non-hydrogen) atoms. The lowest BCUT2D eigenvalue weighted by Crippen LogP contribution is -2.61. The molecule has 8 atom stereocenters. The van der Waals surface area contributed by atoms with E-state index in [4.69, 9.17) is 0 Å². The van der Waals surface area contributed by atoms with E-state index >= 15 is 0 Å². The van der Waals surface area contributed by atoms with Gasteiger partial charge >= 0.3 is 0 Å². The molecule has 0 saturated carbocycles. The summed E-state index contributed by atoms with van der Waals surface area (Å²) in [6.07, 6.45) is 2.44. The van der Waals surface area contributed by atoms with Crippen LogP contribution in [-0.4, -0.2) is 68.5 Å². The minimum Gasteiger partial charge on any atom is -0.394 e. The molecule has 8 heteroatoms. The number of hydrogen-bond acceptors (Lipinski definition) is 5. The van der Waals surface area contributed by atoms with Crippen LogP contribution in [0.1, 0.15) is 67.7 Å². The van der Waals surface area contributed by atoms with Gasteiger partial charge in [0, 0.05) is 17.3 Å². The molecule has 7 nitrogen and oxygen atoms in total. The van der Waals surface area contributed by atoms with E-state index in [1.165, 1.54) is 0 Å². The van der Waals surface area contributed by atoms with Crippen molar-refractivity contribution < 1.29 is 19.5 Å². The van der Waals surface area contributed by atoms with E-state index in [2.05, 4.69) is 17.6 Å². The number of rotatable bonds is 8. The van der Waals surface area contributed by atoms with E-state index in [1.54, 1.807) is 16.7 Å². The minimum absolute atomic E-state index is 0.0361. The van der Waals surface area contributed by atoms with Gasteiger partial charge in [0.05, 0.1) is 29.2 Å². The number of nitrogens with zero attached hydrogens (tertiary/aromatic N) is 1. The lowest BCUT2D eigenvalue weighted by molar-refractivity contribution is -0.144. The maximum absolute atomic E-state index is 14.0. The summed E-state index contributed by atoms with van der Waals surface area (Å²) in [5.41, 5.74) is -0.450. The Labute approximate surface area is 196 Å². The van der Waals surface area contributed by atoms with E-state index in [-0.39, 0.29) is 41.4 Å². The van der Waals surface area contributed by atoms with Crippen molar-refractivity contribution >= 4 is 29.5 Å². The Kier molecular flexibility index (Phi) is 7.26. The lowest BCUT2D eigenvalue weighted by Gasteiger charge is -2.42. The average Bonchev–Trinajstić information content (AvgIpc) is 3.29. The zero-order chi connectivity index (χ0) is 24.0. The molecule has 2 bridgehead atoms. The molecule has 3 N–H and O–H groups in total. The Morgan fingerprint density at radius 1 is 1.28 bits per heavy atom. The molecule has 0 aromatic heterocycles. The minimum atomic E-state index is -0.695. The molecule has 3 unspecified atom stereocenters. The number of thioether (sulfide) groups is 1. The summed E-state index contributed by atoms with van der Waals surface area (Å²) >= 11 is 1.68. The zero-order valence-corrected chi connectivity index (χ0v) is 21.4. The van der Waals surface area contributed by atoms with E-state index in [9.17, 15) is 19.5 Å². The fourth-order valence-electron chi connectivity index (χ4n) is 6.03. The maximum atomic E-state index is 14.0. The second-order valence-electron chi connectivity index (χ2n) is 11.0. The van der Waals surface area contributed by atoms with Crippen LogP contribution >= 0.6 is 11.8 Å². The van der Waals surface area contributed by atoms with Crippen molar-refractivity contribution in [1.29, 1.82) is 0 Å². The van der Waals surface area contributed by atoms with Gasteiger partial charge < -0.3 is 20.6 Å². The maximum Gasteiger partial charge on any atom is 0.244 e. The van der Waals surface area contributed by atoms with Crippen LogP contribution in [0.5, 0.6) is 0 Å². The van der Waals surface area contributed by atoms with Crippen LogP contribution in [0.3, 0.4) is 0 Å². The fourth-order valence-corrected chi connectivity index (χ4v) is 8.44.